The maximum Gasteiger partial charge on any atom is 0.343 e. The summed E-state index contributed by atoms with van der Waals surface area (Å²) < 4.78 is 11.7. The van der Waals surface area contributed by atoms with Gasteiger partial charge in [0.05, 0.1) is 22.3 Å². The number of carbonyl (C=O) groups is 4. The van der Waals surface area contributed by atoms with Gasteiger partial charge in [0.15, 0.2) is 23.1 Å². The Bertz CT molecular complexity index is 1870. The van der Waals surface area contributed by atoms with Crippen molar-refractivity contribution < 1.29 is 38.9 Å². The molecule has 5 rings (SSSR count). The molecule has 0 aliphatic carbocycles. The van der Waals surface area contributed by atoms with Crippen molar-refractivity contribution in [2.45, 2.75) is 6.61 Å². The average Bonchev–Trinajstić information content (AvgIpc) is 3.06. The Kier molecular flexibility index (Phi) is 8.97. The minimum absolute atomic E-state index is 0.0487. The molecule has 0 amide bonds. The lowest BCUT2D eigenvalue weighted by Gasteiger charge is -2.20. The van der Waals surface area contributed by atoms with Crippen molar-refractivity contribution >= 4 is 39.4 Å². The third kappa shape index (κ3) is 6.13. The van der Waals surface area contributed by atoms with Gasteiger partial charge in [0.25, 0.3) is 0 Å². The van der Waals surface area contributed by atoms with Gasteiger partial charge in [0.2, 0.25) is 5.75 Å². The fourth-order valence-corrected chi connectivity index (χ4v) is 4.87. The van der Waals surface area contributed by atoms with Crippen LogP contribution in [0.1, 0.15) is 58.1 Å². The molecule has 0 aliphatic heterocycles. The Labute approximate surface area is 260 Å². The van der Waals surface area contributed by atoms with Gasteiger partial charge < -0.3 is 19.7 Å². The molecule has 5 aromatic rings. The van der Waals surface area contributed by atoms with Crippen LogP contribution in [0.5, 0.6) is 17.2 Å². The molecular weight excluding hydrogens is 628 g/mol. The van der Waals surface area contributed by atoms with Crippen LogP contribution in [0.2, 0.25) is 0 Å². The summed E-state index contributed by atoms with van der Waals surface area (Å²) in [5, 5.41) is 22.4. The monoisotopic (exact) mass is 650 g/mol. The summed E-state index contributed by atoms with van der Waals surface area (Å²) in [5.74, 6) is -6.85. The SMILES string of the molecule is O=C(Oc1c(O)c(O)c(C(=O)c2ccccc2)c(C(=O)OCc2ccccc2Br)c1C(=O)c1ccccc1)c1ccccc1. The first-order valence-electron chi connectivity index (χ1n) is 13.3. The maximum atomic E-state index is 14.1. The fourth-order valence-electron chi connectivity index (χ4n) is 4.47. The predicted octanol–water partition coefficient (Wildman–Crippen LogP) is 6.90. The second kappa shape index (κ2) is 13.2. The van der Waals surface area contributed by atoms with Crippen molar-refractivity contribution in [2.24, 2.45) is 0 Å². The fraction of sp³-hybridized carbons (Fsp3) is 0.0286. The van der Waals surface area contributed by atoms with Crippen LogP contribution in [0.4, 0.5) is 0 Å². The van der Waals surface area contributed by atoms with Gasteiger partial charge in [-0.05, 0) is 18.2 Å². The number of phenols is 2. The summed E-state index contributed by atoms with van der Waals surface area (Å²) >= 11 is 3.39. The summed E-state index contributed by atoms with van der Waals surface area (Å²) in [7, 11) is 0. The van der Waals surface area contributed by atoms with Crippen molar-refractivity contribution in [2.75, 3.05) is 0 Å². The van der Waals surface area contributed by atoms with Gasteiger partial charge in [-0.25, -0.2) is 9.59 Å². The molecule has 2 N–H and O–H groups in total. The smallest absolute Gasteiger partial charge is 0.343 e. The Morgan fingerprint density at radius 2 is 1.02 bits per heavy atom. The zero-order valence-electron chi connectivity index (χ0n) is 22.9. The lowest BCUT2D eigenvalue weighted by molar-refractivity contribution is 0.0464. The van der Waals surface area contributed by atoms with E-state index in [2.05, 4.69) is 15.9 Å². The number of ether oxygens (including phenoxy) is 2. The molecule has 0 aliphatic rings. The van der Waals surface area contributed by atoms with Gasteiger partial charge in [-0.2, -0.15) is 0 Å². The van der Waals surface area contributed by atoms with Crippen LogP contribution in [0, 0.1) is 0 Å². The van der Waals surface area contributed by atoms with Crippen LogP contribution < -0.4 is 4.74 Å². The molecule has 218 valence electrons. The van der Waals surface area contributed by atoms with Crippen LogP contribution in [-0.4, -0.2) is 33.7 Å². The highest BCUT2D eigenvalue weighted by Crippen LogP contribution is 2.46. The topological polar surface area (TPSA) is 127 Å². The second-order valence-electron chi connectivity index (χ2n) is 9.46. The Morgan fingerprint density at radius 3 is 1.57 bits per heavy atom. The summed E-state index contributed by atoms with van der Waals surface area (Å²) in [6.07, 6.45) is 0. The first-order chi connectivity index (χ1) is 21.3. The number of esters is 2. The number of aromatic hydroxyl groups is 2. The molecule has 9 heteroatoms. The van der Waals surface area contributed by atoms with Crippen LogP contribution in [0.3, 0.4) is 0 Å². The van der Waals surface area contributed by atoms with Crippen molar-refractivity contribution in [1.82, 2.24) is 0 Å². The van der Waals surface area contributed by atoms with Gasteiger partial charge >= 0.3 is 11.9 Å². The first-order valence-corrected chi connectivity index (χ1v) is 14.1. The highest BCUT2D eigenvalue weighted by atomic mass is 79.9. The minimum Gasteiger partial charge on any atom is -0.504 e. The molecule has 8 nitrogen and oxygen atoms in total. The number of benzene rings is 5. The summed E-state index contributed by atoms with van der Waals surface area (Å²) in [5.41, 5.74) is -1.26. The maximum absolute atomic E-state index is 14.1. The predicted molar refractivity (Wildman–Crippen MR) is 164 cm³/mol. The molecule has 44 heavy (non-hydrogen) atoms. The summed E-state index contributed by atoms with van der Waals surface area (Å²) in [6, 6.07) is 30.1. The highest BCUT2D eigenvalue weighted by molar-refractivity contribution is 9.10. The van der Waals surface area contributed by atoms with Crippen molar-refractivity contribution in [3.05, 3.63) is 159 Å². The lowest BCUT2D eigenvalue weighted by Crippen LogP contribution is -2.21. The zero-order chi connectivity index (χ0) is 31.2. The molecule has 0 radical (unpaired) electrons. The second-order valence-corrected chi connectivity index (χ2v) is 10.3. The number of carbonyl (C=O) groups excluding carboxylic acids is 4. The molecule has 0 saturated carbocycles. The summed E-state index contributed by atoms with van der Waals surface area (Å²) in [6.45, 7) is -0.279. The quantitative estimate of drug-likeness (QED) is 0.0763. The van der Waals surface area contributed by atoms with E-state index in [9.17, 15) is 29.4 Å². The number of hydrogen-bond donors (Lipinski definition) is 2. The zero-order valence-corrected chi connectivity index (χ0v) is 24.5. The molecule has 0 spiro atoms. The largest absolute Gasteiger partial charge is 0.504 e. The third-order valence-corrected chi connectivity index (χ3v) is 7.43. The Morgan fingerprint density at radius 1 is 0.545 bits per heavy atom. The van der Waals surface area contributed by atoms with Gasteiger partial charge in [0.1, 0.15) is 6.61 Å². The average molecular weight is 651 g/mol. The van der Waals surface area contributed by atoms with E-state index in [1.807, 2.05) is 0 Å². The molecule has 0 unspecified atom stereocenters. The standard InChI is InChI=1S/C35H23BrO8/c36-25-19-11-10-18-24(25)20-43-35(42)26-27(29(37)21-12-4-1-5-13-21)31(39)32(40)33(44-34(41)23-16-8-3-9-17-23)28(26)30(38)22-14-6-2-7-15-22/h1-19,39-40H,20H2. The number of phenolic OH excluding ortho intramolecular Hbond substituents is 2. The molecular formula is C35H23BrO8. The number of halogens is 1. The van der Waals surface area contributed by atoms with Crippen LogP contribution in [0.25, 0.3) is 0 Å². The van der Waals surface area contributed by atoms with Gasteiger partial charge in [-0.15, -0.1) is 0 Å². The first kappa shape index (κ1) is 29.9. The molecule has 0 saturated heterocycles. The third-order valence-electron chi connectivity index (χ3n) is 6.65. The van der Waals surface area contributed by atoms with Crippen LogP contribution in [-0.2, 0) is 11.3 Å². The molecule has 5 aromatic carbocycles. The highest BCUT2D eigenvalue weighted by Gasteiger charge is 2.37. The lowest BCUT2D eigenvalue weighted by atomic mass is 9.88. The van der Waals surface area contributed by atoms with Crippen LogP contribution in [0.15, 0.2) is 120 Å². The van der Waals surface area contributed by atoms with E-state index in [1.165, 1.54) is 36.4 Å². The molecule has 0 atom stereocenters. The van der Waals surface area contributed by atoms with Gasteiger partial charge in [-0.3, -0.25) is 9.59 Å². The van der Waals surface area contributed by atoms with E-state index in [0.29, 0.717) is 10.0 Å². The minimum atomic E-state index is -1.17. The summed E-state index contributed by atoms with van der Waals surface area (Å²) in [4.78, 5) is 55.0. The van der Waals surface area contributed by atoms with E-state index in [-0.39, 0.29) is 23.3 Å². The van der Waals surface area contributed by atoms with E-state index >= 15 is 0 Å². The van der Waals surface area contributed by atoms with Gasteiger partial charge in [-0.1, -0.05) is 113 Å². The Hall–Kier alpha value is -5.54. The molecule has 0 bridgehead atoms. The molecule has 0 fully saturated rings. The van der Waals surface area contributed by atoms with Crippen molar-refractivity contribution in [3.63, 3.8) is 0 Å². The Balaban J connectivity index is 1.76. The number of rotatable bonds is 9. The number of hydrogen-bond acceptors (Lipinski definition) is 8. The van der Waals surface area contributed by atoms with Gasteiger partial charge in [0, 0.05) is 21.2 Å². The van der Waals surface area contributed by atoms with Crippen molar-refractivity contribution in [3.8, 4) is 17.2 Å². The molecule has 0 heterocycles. The van der Waals surface area contributed by atoms with E-state index in [0.717, 1.165) is 0 Å². The van der Waals surface area contributed by atoms with E-state index in [4.69, 9.17) is 9.47 Å². The normalized spacial score (nSPS) is 10.6. The van der Waals surface area contributed by atoms with E-state index < -0.39 is 57.4 Å². The molecule has 0 aromatic heterocycles. The van der Waals surface area contributed by atoms with E-state index in [1.54, 1.807) is 78.9 Å². The van der Waals surface area contributed by atoms with Crippen LogP contribution >= 0.6 is 15.9 Å². The van der Waals surface area contributed by atoms with Crippen molar-refractivity contribution in [1.29, 1.82) is 0 Å². The number of ketones is 2.